The molecule has 8 heteroatoms. The Hall–Kier alpha value is -3.65. The van der Waals surface area contributed by atoms with Gasteiger partial charge < -0.3 is 10.2 Å². The molecule has 0 radical (unpaired) electrons. The van der Waals surface area contributed by atoms with Crippen LogP contribution in [-0.4, -0.2) is 55.1 Å². The average molecular weight is 575 g/mol. The molecule has 3 unspecified atom stereocenters. The van der Waals surface area contributed by atoms with Gasteiger partial charge in [0.05, 0.1) is 5.56 Å². The molecule has 1 amide bonds. The molecular weight excluding hydrogens is 537 g/mol. The fourth-order valence-corrected chi connectivity index (χ4v) is 7.21. The number of allylic oxidation sites excluding steroid dienone is 1. The van der Waals surface area contributed by atoms with Crippen molar-refractivity contribution >= 4 is 11.6 Å². The van der Waals surface area contributed by atoms with Crippen molar-refractivity contribution in [2.24, 2.45) is 11.8 Å². The van der Waals surface area contributed by atoms with Gasteiger partial charge in [0.15, 0.2) is 0 Å². The normalized spacial score (nSPS) is 24.6. The SMILES string of the molecule is CC1=C(CN2CCN(c3cccc(C(F)(F)F)c3)CC2)C2CC2(c2ccccc2)C(CNC(=O)c2ccncc2)CC1. The summed E-state index contributed by atoms with van der Waals surface area (Å²) in [6, 6.07) is 19.9. The molecule has 1 aliphatic heterocycles. The zero-order valence-corrected chi connectivity index (χ0v) is 23.9. The number of pyridine rings is 1. The molecule has 2 heterocycles. The number of benzene rings is 2. The van der Waals surface area contributed by atoms with Crippen molar-refractivity contribution < 1.29 is 18.0 Å². The summed E-state index contributed by atoms with van der Waals surface area (Å²) in [5, 5.41) is 3.22. The van der Waals surface area contributed by atoms with Crippen molar-refractivity contribution in [2.75, 3.05) is 44.2 Å². The minimum absolute atomic E-state index is 0.000265. The predicted molar refractivity (Wildman–Crippen MR) is 158 cm³/mol. The number of halogens is 3. The lowest BCUT2D eigenvalue weighted by Crippen LogP contribution is -2.47. The molecule has 6 rings (SSSR count). The van der Waals surface area contributed by atoms with Crippen LogP contribution in [0.15, 0.2) is 90.3 Å². The number of alkyl halides is 3. The van der Waals surface area contributed by atoms with E-state index >= 15 is 0 Å². The zero-order chi connectivity index (χ0) is 29.3. The van der Waals surface area contributed by atoms with E-state index in [1.54, 1.807) is 30.6 Å². The van der Waals surface area contributed by atoms with E-state index < -0.39 is 11.7 Å². The standard InChI is InChI=1S/C34H37F3N4O/c1-24-10-11-28(22-39-32(42)25-12-14-38-15-13-25)33(26-6-3-2-4-7-26)21-31(33)30(24)23-40-16-18-41(19-17-40)29-9-5-8-27(20-29)34(35,36)37/h2-9,12-15,20,28,31H,10-11,16-19,21-23H2,1H3,(H,39,42). The topological polar surface area (TPSA) is 48.5 Å². The summed E-state index contributed by atoms with van der Waals surface area (Å²) in [5.41, 5.74) is 4.96. The molecule has 3 aliphatic rings. The highest BCUT2D eigenvalue weighted by Gasteiger charge is 2.61. The van der Waals surface area contributed by atoms with E-state index in [9.17, 15) is 18.0 Å². The first-order valence-electron chi connectivity index (χ1n) is 14.8. The highest BCUT2D eigenvalue weighted by atomic mass is 19.4. The number of rotatable bonds is 7. The maximum atomic E-state index is 13.3. The van der Waals surface area contributed by atoms with Crippen molar-refractivity contribution in [3.8, 4) is 0 Å². The molecule has 2 aromatic carbocycles. The van der Waals surface area contributed by atoms with Crippen LogP contribution in [0.4, 0.5) is 18.9 Å². The van der Waals surface area contributed by atoms with E-state index in [4.69, 9.17) is 0 Å². The molecule has 220 valence electrons. The van der Waals surface area contributed by atoms with E-state index in [1.807, 2.05) is 0 Å². The number of aromatic nitrogens is 1. The summed E-state index contributed by atoms with van der Waals surface area (Å²) < 4.78 is 39.8. The van der Waals surface area contributed by atoms with E-state index in [-0.39, 0.29) is 11.3 Å². The molecule has 42 heavy (non-hydrogen) atoms. The molecule has 1 N–H and O–H groups in total. The van der Waals surface area contributed by atoms with Crippen molar-refractivity contribution in [3.05, 3.63) is 107 Å². The Balaban J connectivity index is 1.15. The van der Waals surface area contributed by atoms with Crippen LogP contribution in [0.2, 0.25) is 0 Å². The average Bonchev–Trinajstić information content (AvgIpc) is 3.77. The van der Waals surface area contributed by atoms with Crippen molar-refractivity contribution in [3.63, 3.8) is 0 Å². The first kappa shape index (κ1) is 28.5. The van der Waals surface area contributed by atoms with Gasteiger partial charge in [0.25, 0.3) is 5.91 Å². The predicted octanol–water partition coefficient (Wildman–Crippen LogP) is 6.34. The monoisotopic (exact) mass is 574 g/mol. The maximum absolute atomic E-state index is 13.3. The lowest BCUT2D eigenvalue weighted by Gasteiger charge is -2.37. The summed E-state index contributed by atoms with van der Waals surface area (Å²) in [5.74, 6) is 0.679. The van der Waals surface area contributed by atoms with E-state index in [1.165, 1.54) is 28.8 Å². The second-order valence-electron chi connectivity index (χ2n) is 12.0. The van der Waals surface area contributed by atoms with Gasteiger partial charge in [-0.2, -0.15) is 13.2 Å². The van der Waals surface area contributed by atoms with Gasteiger partial charge in [-0.15, -0.1) is 0 Å². The van der Waals surface area contributed by atoms with Crippen LogP contribution < -0.4 is 10.2 Å². The van der Waals surface area contributed by atoms with Gasteiger partial charge in [0.2, 0.25) is 0 Å². The second kappa shape index (κ2) is 11.6. The Morgan fingerprint density at radius 2 is 1.74 bits per heavy atom. The number of carbonyl (C=O) groups is 1. The fourth-order valence-electron chi connectivity index (χ4n) is 7.21. The van der Waals surface area contributed by atoms with Crippen LogP contribution >= 0.6 is 0 Å². The van der Waals surface area contributed by atoms with Crippen LogP contribution in [0.1, 0.15) is 47.7 Å². The second-order valence-corrected chi connectivity index (χ2v) is 12.0. The number of hydrogen-bond acceptors (Lipinski definition) is 4. The van der Waals surface area contributed by atoms with Crippen LogP contribution in [0.5, 0.6) is 0 Å². The van der Waals surface area contributed by atoms with Crippen LogP contribution in [-0.2, 0) is 11.6 Å². The molecule has 0 spiro atoms. The number of amides is 1. The molecular formula is C34H37F3N4O. The highest BCUT2D eigenvalue weighted by Crippen LogP contribution is 2.65. The number of anilines is 1. The number of carbonyl (C=O) groups excluding carboxylic acids is 1. The Morgan fingerprint density at radius 1 is 1.00 bits per heavy atom. The van der Waals surface area contributed by atoms with Crippen molar-refractivity contribution in [1.29, 1.82) is 0 Å². The number of hydrogen-bond donors (Lipinski definition) is 1. The third kappa shape index (κ3) is 5.69. The first-order valence-corrected chi connectivity index (χ1v) is 14.8. The minimum Gasteiger partial charge on any atom is -0.369 e. The van der Waals surface area contributed by atoms with Crippen LogP contribution in [0.3, 0.4) is 0 Å². The lowest BCUT2D eigenvalue weighted by molar-refractivity contribution is -0.137. The number of fused-ring (bicyclic) bond motifs is 1. The van der Waals surface area contributed by atoms with Gasteiger partial charge in [-0.1, -0.05) is 47.5 Å². The lowest BCUT2D eigenvalue weighted by atomic mass is 9.78. The first-order chi connectivity index (χ1) is 20.3. The molecule has 1 saturated carbocycles. The van der Waals surface area contributed by atoms with Crippen molar-refractivity contribution in [2.45, 2.75) is 37.8 Å². The Kier molecular flexibility index (Phi) is 7.83. The molecule has 3 atom stereocenters. The van der Waals surface area contributed by atoms with Gasteiger partial charge >= 0.3 is 6.18 Å². The molecule has 1 aromatic heterocycles. The van der Waals surface area contributed by atoms with Crippen LogP contribution in [0, 0.1) is 11.8 Å². The Bertz CT molecular complexity index is 1430. The Labute approximate surface area is 245 Å². The third-order valence-corrected chi connectivity index (χ3v) is 9.64. The Morgan fingerprint density at radius 3 is 2.45 bits per heavy atom. The molecule has 0 bridgehead atoms. The third-order valence-electron chi connectivity index (χ3n) is 9.64. The maximum Gasteiger partial charge on any atom is 0.416 e. The summed E-state index contributed by atoms with van der Waals surface area (Å²) in [7, 11) is 0. The van der Waals surface area contributed by atoms with Crippen LogP contribution in [0.25, 0.3) is 0 Å². The number of nitrogens with one attached hydrogen (secondary N) is 1. The molecule has 2 aliphatic carbocycles. The highest BCUT2D eigenvalue weighted by molar-refractivity contribution is 5.93. The van der Waals surface area contributed by atoms with Crippen molar-refractivity contribution in [1.82, 2.24) is 15.2 Å². The summed E-state index contributed by atoms with van der Waals surface area (Å²) in [6.45, 7) is 6.80. The number of piperazine rings is 1. The number of nitrogens with zero attached hydrogens (tertiary/aromatic N) is 3. The summed E-state index contributed by atoms with van der Waals surface area (Å²) in [6.07, 6.45) is 2.03. The van der Waals surface area contributed by atoms with Gasteiger partial charge in [-0.25, -0.2) is 0 Å². The smallest absolute Gasteiger partial charge is 0.369 e. The quantitative estimate of drug-likeness (QED) is 0.335. The van der Waals surface area contributed by atoms with Gasteiger partial charge in [-0.05, 0) is 73.9 Å². The van der Waals surface area contributed by atoms with E-state index in [2.05, 4.69) is 57.4 Å². The molecule has 1 saturated heterocycles. The fraction of sp³-hybridized carbons (Fsp3) is 0.412. The molecule has 2 fully saturated rings. The van der Waals surface area contributed by atoms with Gasteiger partial charge in [-0.3, -0.25) is 14.7 Å². The molecule has 5 nitrogen and oxygen atoms in total. The van der Waals surface area contributed by atoms with E-state index in [0.29, 0.717) is 42.7 Å². The van der Waals surface area contributed by atoms with Gasteiger partial charge in [0, 0.05) is 68.3 Å². The van der Waals surface area contributed by atoms with Gasteiger partial charge in [0.1, 0.15) is 0 Å². The molecule has 3 aromatic rings. The largest absolute Gasteiger partial charge is 0.416 e. The summed E-state index contributed by atoms with van der Waals surface area (Å²) >= 11 is 0. The van der Waals surface area contributed by atoms with E-state index in [0.717, 1.165) is 45.0 Å². The zero-order valence-electron chi connectivity index (χ0n) is 23.9. The summed E-state index contributed by atoms with van der Waals surface area (Å²) in [4.78, 5) is 21.5. The minimum atomic E-state index is -4.34.